The molecule has 5 rings (SSSR count). The van der Waals surface area contributed by atoms with Crippen molar-refractivity contribution in [2.75, 3.05) is 7.11 Å². The molecular weight excluding hydrogens is 439 g/mol. The number of imidazole rings is 1. The van der Waals surface area contributed by atoms with E-state index < -0.39 is 0 Å². The highest BCUT2D eigenvalue weighted by atomic mass is 32.2. The van der Waals surface area contributed by atoms with E-state index >= 15 is 0 Å². The lowest BCUT2D eigenvalue weighted by Gasteiger charge is -2.21. The number of hydrogen-bond acceptors (Lipinski definition) is 5. The maximum atomic E-state index is 13.5. The average molecular weight is 460 g/mol. The number of H-pyrrole nitrogens is 1. The zero-order valence-electron chi connectivity index (χ0n) is 17.7. The third-order valence-electron chi connectivity index (χ3n) is 5.45. The van der Waals surface area contributed by atoms with Gasteiger partial charge in [0.1, 0.15) is 17.3 Å². The lowest BCUT2D eigenvalue weighted by molar-refractivity contribution is -0.128. The van der Waals surface area contributed by atoms with Crippen molar-refractivity contribution < 1.29 is 13.9 Å². The molecule has 2 heterocycles. The second kappa shape index (κ2) is 9.07. The Balaban J connectivity index is 1.38. The van der Waals surface area contributed by atoms with Gasteiger partial charge in [-0.15, -0.1) is 0 Å². The van der Waals surface area contributed by atoms with Crippen LogP contribution in [0.3, 0.4) is 0 Å². The van der Waals surface area contributed by atoms with E-state index in [1.807, 2.05) is 48.5 Å². The van der Waals surface area contributed by atoms with Crippen LogP contribution in [0.1, 0.15) is 23.6 Å². The SMILES string of the molecule is COc1ccc(C2=NN(C(=O)[CH]Sc3nc4ccccc4[nH]3)C(c3ccc(F)cc3)C2)cc1. The predicted molar refractivity (Wildman–Crippen MR) is 126 cm³/mol. The third kappa shape index (κ3) is 4.47. The quantitative estimate of drug-likeness (QED) is 0.395. The molecule has 1 radical (unpaired) electrons. The molecule has 3 aromatic carbocycles. The Kier molecular flexibility index (Phi) is 5.83. The van der Waals surface area contributed by atoms with Gasteiger partial charge >= 0.3 is 0 Å². The van der Waals surface area contributed by atoms with Gasteiger partial charge in [0, 0.05) is 6.42 Å². The number of methoxy groups -OCH3 is 1. The maximum absolute atomic E-state index is 13.5. The number of para-hydroxylation sites is 2. The van der Waals surface area contributed by atoms with E-state index in [9.17, 15) is 9.18 Å². The number of hydrazone groups is 1. The fourth-order valence-corrected chi connectivity index (χ4v) is 4.40. The number of aromatic amines is 1. The highest BCUT2D eigenvalue weighted by Crippen LogP contribution is 2.35. The van der Waals surface area contributed by atoms with E-state index in [1.165, 1.54) is 34.7 Å². The number of amides is 1. The average Bonchev–Trinajstić information content (AvgIpc) is 3.48. The van der Waals surface area contributed by atoms with Crippen molar-refractivity contribution in [3.63, 3.8) is 0 Å². The van der Waals surface area contributed by atoms with Crippen LogP contribution in [0.2, 0.25) is 0 Å². The number of rotatable bonds is 6. The number of halogens is 1. The minimum Gasteiger partial charge on any atom is -0.497 e. The van der Waals surface area contributed by atoms with Crippen molar-refractivity contribution in [2.45, 2.75) is 17.6 Å². The monoisotopic (exact) mass is 459 g/mol. The molecule has 1 atom stereocenters. The number of thioether (sulfide) groups is 1. The van der Waals surface area contributed by atoms with E-state index in [-0.39, 0.29) is 17.8 Å². The van der Waals surface area contributed by atoms with Crippen LogP contribution in [0, 0.1) is 11.6 Å². The van der Waals surface area contributed by atoms with Crippen molar-refractivity contribution in [1.82, 2.24) is 15.0 Å². The zero-order chi connectivity index (χ0) is 22.8. The third-order valence-corrected chi connectivity index (χ3v) is 6.19. The van der Waals surface area contributed by atoms with Crippen molar-refractivity contribution in [3.05, 3.63) is 95.5 Å². The first-order valence-electron chi connectivity index (χ1n) is 10.4. The summed E-state index contributed by atoms with van der Waals surface area (Å²) in [5, 5.41) is 6.73. The molecule has 1 aromatic heterocycles. The van der Waals surface area contributed by atoms with Crippen molar-refractivity contribution in [2.24, 2.45) is 5.10 Å². The van der Waals surface area contributed by atoms with Crippen LogP contribution in [0.25, 0.3) is 11.0 Å². The van der Waals surface area contributed by atoms with Crippen molar-refractivity contribution >= 4 is 34.4 Å². The van der Waals surface area contributed by atoms with E-state index in [2.05, 4.69) is 15.1 Å². The molecule has 1 N–H and O–H groups in total. The molecule has 0 spiro atoms. The topological polar surface area (TPSA) is 70.6 Å². The Hall–Kier alpha value is -3.65. The standard InChI is InChI=1S/C25H20FN4O2S/c1-32-19-12-8-16(9-13-19)22-14-23(17-6-10-18(26)11-7-17)30(29-22)24(31)15-33-25-27-20-4-2-3-5-21(20)28-25/h2-13,15,23H,14H2,1H3,(H,27,28). The Bertz CT molecular complexity index is 1290. The Morgan fingerprint density at radius 2 is 1.88 bits per heavy atom. The Morgan fingerprint density at radius 3 is 2.61 bits per heavy atom. The molecule has 0 saturated carbocycles. The first-order valence-corrected chi connectivity index (χ1v) is 11.2. The van der Waals surface area contributed by atoms with Crippen LogP contribution in [0.5, 0.6) is 5.75 Å². The Morgan fingerprint density at radius 1 is 1.12 bits per heavy atom. The number of benzene rings is 3. The maximum Gasteiger partial charge on any atom is 0.258 e. The molecule has 1 unspecified atom stereocenters. The van der Waals surface area contributed by atoms with E-state index in [0.717, 1.165) is 33.6 Å². The number of nitrogens with zero attached hydrogens (tertiary/aromatic N) is 3. The first-order chi connectivity index (χ1) is 16.1. The van der Waals surface area contributed by atoms with Crippen LogP contribution in [-0.4, -0.2) is 33.7 Å². The van der Waals surface area contributed by atoms with Gasteiger partial charge < -0.3 is 9.72 Å². The summed E-state index contributed by atoms with van der Waals surface area (Å²) in [5.41, 5.74) is 4.25. The van der Waals surface area contributed by atoms with Crippen molar-refractivity contribution in [3.8, 4) is 5.75 Å². The number of ether oxygens (including phenoxy) is 1. The van der Waals surface area contributed by atoms with Crippen LogP contribution < -0.4 is 4.74 Å². The molecule has 1 amide bonds. The molecule has 33 heavy (non-hydrogen) atoms. The minimum absolute atomic E-state index is 0.265. The Labute approximate surface area is 194 Å². The number of carbonyl (C=O) groups is 1. The van der Waals surface area contributed by atoms with Crippen LogP contribution in [-0.2, 0) is 4.79 Å². The smallest absolute Gasteiger partial charge is 0.258 e. The summed E-state index contributed by atoms with van der Waals surface area (Å²) in [6.07, 6.45) is 0.521. The summed E-state index contributed by atoms with van der Waals surface area (Å²) >= 11 is 1.21. The van der Waals surface area contributed by atoms with Crippen molar-refractivity contribution in [1.29, 1.82) is 0 Å². The normalized spacial score (nSPS) is 15.6. The molecule has 0 saturated heterocycles. The van der Waals surface area contributed by atoms with Gasteiger partial charge in [0.25, 0.3) is 5.91 Å². The van der Waals surface area contributed by atoms with E-state index in [1.54, 1.807) is 19.2 Å². The molecule has 4 aromatic rings. The van der Waals surface area contributed by atoms with Gasteiger partial charge in [-0.1, -0.05) is 36.0 Å². The zero-order valence-corrected chi connectivity index (χ0v) is 18.6. The van der Waals surface area contributed by atoms with Gasteiger partial charge in [0.2, 0.25) is 0 Å². The first kappa shape index (κ1) is 21.2. The molecule has 6 nitrogen and oxygen atoms in total. The van der Waals surface area contributed by atoms with Crippen LogP contribution >= 0.6 is 11.8 Å². The highest BCUT2D eigenvalue weighted by Gasteiger charge is 2.33. The van der Waals surface area contributed by atoms with E-state index in [4.69, 9.17) is 4.74 Å². The number of fused-ring (bicyclic) bond motifs is 1. The highest BCUT2D eigenvalue weighted by molar-refractivity contribution is 8.01. The summed E-state index contributed by atoms with van der Waals surface area (Å²) in [6, 6.07) is 21.1. The lowest BCUT2D eigenvalue weighted by Crippen LogP contribution is -2.26. The van der Waals surface area contributed by atoms with Crippen LogP contribution in [0.4, 0.5) is 4.39 Å². The van der Waals surface area contributed by atoms with Gasteiger partial charge in [-0.3, -0.25) is 4.79 Å². The summed E-state index contributed by atoms with van der Waals surface area (Å²) in [7, 11) is 1.61. The van der Waals surface area contributed by atoms with Gasteiger partial charge in [-0.25, -0.2) is 14.4 Å². The molecule has 165 valence electrons. The van der Waals surface area contributed by atoms with Gasteiger partial charge in [0.15, 0.2) is 5.16 Å². The van der Waals surface area contributed by atoms with Gasteiger partial charge in [-0.05, 0) is 59.7 Å². The number of nitrogens with one attached hydrogen (secondary N) is 1. The summed E-state index contributed by atoms with van der Waals surface area (Å²) in [5.74, 6) is 1.65. The summed E-state index contributed by atoms with van der Waals surface area (Å²) < 4.78 is 18.7. The summed E-state index contributed by atoms with van der Waals surface area (Å²) in [4.78, 5) is 20.9. The molecule has 1 aliphatic heterocycles. The predicted octanol–water partition coefficient (Wildman–Crippen LogP) is 5.34. The molecular formula is C25H20FN4O2S. The minimum atomic E-state index is -0.331. The van der Waals surface area contributed by atoms with Gasteiger partial charge in [-0.2, -0.15) is 5.10 Å². The molecule has 0 fully saturated rings. The fraction of sp³-hybridized carbons (Fsp3) is 0.120. The molecule has 1 aliphatic rings. The molecule has 0 aliphatic carbocycles. The largest absolute Gasteiger partial charge is 0.497 e. The van der Waals surface area contributed by atoms with Gasteiger partial charge in [0.05, 0.1) is 29.9 Å². The summed E-state index contributed by atoms with van der Waals surface area (Å²) in [6.45, 7) is 0. The lowest BCUT2D eigenvalue weighted by atomic mass is 9.98. The second-order valence-electron chi connectivity index (χ2n) is 7.52. The fourth-order valence-electron chi connectivity index (χ4n) is 3.76. The number of aromatic nitrogens is 2. The second-order valence-corrected chi connectivity index (χ2v) is 8.38. The molecule has 8 heteroatoms. The number of carbonyl (C=O) groups excluding carboxylic acids is 1. The molecule has 0 bridgehead atoms. The number of hydrogen-bond donors (Lipinski definition) is 1. The van der Waals surface area contributed by atoms with E-state index in [0.29, 0.717) is 11.6 Å². The van der Waals surface area contributed by atoms with Crippen LogP contribution in [0.15, 0.2) is 83.1 Å².